The molecule has 2 aliphatic heterocycles. The summed E-state index contributed by atoms with van der Waals surface area (Å²) in [5.74, 6) is -2.24. The van der Waals surface area contributed by atoms with Gasteiger partial charge >= 0.3 is 12.0 Å². The van der Waals surface area contributed by atoms with E-state index in [2.05, 4.69) is 5.32 Å². The number of imide groups is 1. The summed E-state index contributed by atoms with van der Waals surface area (Å²) in [5, 5.41) is 11.3. The molecule has 2 aliphatic rings. The van der Waals surface area contributed by atoms with Crippen molar-refractivity contribution in [1.82, 2.24) is 10.2 Å². The lowest BCUT2D eigenvalue weighted by molar-refractivity contribution is -0.137. The molecule has 1 unspecified atom stereocenters. The molecular weight excluding hydrogens is 314 g/mol. The zero-order valence-corrected chi connectivity index (χ0v) is 12.9. The van der Waals surface area contributed by atoms with Gasteiger partial charge in [-0.15, -0.1) is 0 Å². The van der Waals surface area contributed by atoms with E-state index in [1.165, 1.54) is 17.1 Å². The third-order valence-electron chi connectivity index (χ3n) is 4.25. The van der Waals surface area contributed by atoms with Crippen molar-refractivity contribution in [2.24, 2.45) is 0 Å². The van der Waals surface area contributed by atoms with Gasteiger partial charge in [0.1, 0.15) is 12.1 Å². The number of para-hydroxylation sites is 1. The van der Waals surface area contributed by atoms with Crippen molar-refractivity contribution >= 4 is 29.5 Å². The number of carboxylic acid groups (broad SMARTS) is 1. The first-order valence-corrected chi connectivity index (χ1v) is 7.28. The Morgan fingerprint density at radius 2 is 2.00 bits per heavy atom. The van der Waals surface area contributed by atoms with E-state index in [9.17, 15) is 19.2 Å². The molecule has 8 nitrogen and oxygen atoms in total. The summed E-state index contributed by atoms with van der Waals surface area (Å²) >= 11 is 0. The molecule has 4 amide bonds. The average Bonchev–Trinajstić information content (AvgIpc) is 2.65. The first-order valence-electron chi connectivity index (χ1n) is 7.28. The van der Waals surface area contributed by atoms with Gasteiger partial charge in [-0.25, -0.2) is 4.79 Å². The molecule has 2 N–H and O–H groups in total. The summed E-state index contributed by atoms with van der Waals surface area (Å²) in [4.78, 5) is 50.3. The van der Waals surface area contributed by atoms with Crippen LogP contribution in [-0.2, 0) is 19.9 Å². The molecule has 0 aliphatic carbocycles. The van der Waals surface area contributed by atoms with Gasteiger partial charge in [-0.1, -0.05) is 24.3 Å². The van der Waals surface area contributed by atoms with Crippen LogP contribution < -0.4 is 10.2 Å². The fourth-order valence-corrected chi connectivity index (χ4v) is 3.11. The second-order valence-corrected chi connectivity index (χ2v) is 5.68. The fraction of sp³-hybridized carbons (Fsp3) is 0.250. The van der Waals surface area contributed by atoms with E-state index < -0.39 is 35.9 Å². The zero-order chi connectivity index (χ0) is 17.5. The van der Waals surface area contributed by atoms with Crippen molar-refractivity contribution in [3.05, 3.63) is 42.0 Å². The molecule has 1 aromatic rings. The van der Waals surface area contributed by atoms with Crippen LogP contribution in [0.25, 0.3) is 0 Å². The smallest absolute Gasteiger partial charge is 0.325 e. The van der Waals surface area contributed by atoms with E-state index in [1.54, 1.807) is 31.2 Å². The normalized spacial score (nSPS) is 23.1. The summed E-state index contributed by atoms with van der Waals surface area (Å²) in [5.41, 5.74) is -0.431. The van der Waals surface area contributed by atoms with E-state index in [0.29, 0.717) is 11.3 Å². The predicted octanol–water partition coefficient (Wildman–Crippen LogP) is 0.441. The Morgan fingerprint density at radius 1 is 1.29 bits per heavy atom. The Labute approximate surface area is 137 Å². The number of anilines is 1. The maximum atomic E-state index is 13.0. The molecule has 0 saturated carbocycles. The number of nitrogens with zero attached hydrogens (tertiary/aromatic N) is 2. The molecule has 124 valence electrons. The van der Waals surface area contributed by atoms with Crippen molar-refractivity contribution < 1.29 is 24.3 Å². The number of aliphatic carboxylic acids is 1. The Kier molecular flexibility index (Phi) is 3.59. The number of urea groups is 1. The number of carboxylic acids is 1. The number of hydrogen-bond acceptors (Lipinski definition) is 4. The second-order valence-electron chi connectivity index (χ2n) is 5.68. The Morgan fingerprint density at radius 3 is 2.71 bits per heavy atom. The molecule has 0 saturated heterocycles. The van der Waals surface area contributed by atoms with Crippen LogP contribution in [0.3, 0.4) is 0 Å². The van der Waals surface area contributed by atoms with Crippen LogP contribution in [0.5, 0.6) is 0 Å². The van der Waals surface area contributed by atoms with E-state index >= 15 is 0 Å². The van der Waals surface area contributed by atoms with Gasteiger partial charge in [0.25, 0.3) is 11.8 Å². The number of fused-ring (bicyclic) bond motifs is 1. The van der Waals surface area contributed by atoms with Gasteiger partial charge < -0.3 is 10.0 Å². The second kappa shape index (κ2) is 5.48. The van der Waals surface area contributed by atoms with Crippen LogP contribution in [0.15, 0.2) is 36.4 Å². The topological polar surface area (TPSA) is 107 Å². The van der Waals surface area contributed by atoms with Gasteiger partial charge in [0, 0.05) is 18.2 Å². The molecule has 0 bridgehead atoms. The van der Waals surface area contributed by atoms with Crippen molar-refractivity contribution in [2.75, 3.05) is 18.0 Å². The van der Waals surface area contributed by atoms with E-state index in [1.807, 2.05) is 0 Å². The number of amides is 4. The minimum absolute atomic E-state index is 0.0507. The molecule has 0 radical (unpaired) electrons. The van der Waals surface area contributed by atoms with Crippen molar-refractivity contribution in [3.63, 3.8) is 0 Å². The third kappa shape index (κ3) is 2.23. The highest BCUT2D eigenvalue weighted by Gasteiger charge is 2.53. The lowest BCUT2D eigenvalue weighted by Gasteiger charge is -2.35. The number of rotatable bonds is 3. The number of benzene rings is 1. The van der Waals surface area contributed by atoms with Gasteiger partial charge in [-0.3, -0.25) is 24.6 Å². The van der Waals surface area contributed by atoms with Gasteiger partial charge in [0.2, 0.25) is 0 Å². The van der Waals surface area contributed by atoms with Crippen LogP contribution in [-0.4, -0.2) is 46.9 Å². The molecule has 1 aromatic carbocycles. The number of carbonyl (C=O) groups excluding carboxylic acids is 3. The summed E-state index contributed by atoms with van der Waals surface area (Å²) in [7, 11) is 0. The number of carbonyl (C=O) groups is 4. The van der Waals surface area contributed by atoms with Crippen molar-refractivity contribution in [3.8, 4) is 0 Å². The highest BCUT2D eigenvalue weighted by atomic mass is 16.4. The van der Waals surface area contributed by atoms with Gasteiger partial charge in [0.15, 0.2) is 0 Å². The van der Waals surface area contributed by atoms with Crippen LogP contribution in [0.1, 0.15) is 12.5 Å². The van der Waals surface area contributed by atoms with Crippen LogP contribution in [0, 0.1) is 0 Å². The maximum Gasteiger partial charge on any atom is 0.325 e. The van der Waals surface area contributed by atoms with E-state index in [4.69, 9.17) is 5.11 Å². The minimum Gasteiger partial charge on any atom is -0.480 e. The maximum absolute atomic E-state index is 13.0. The van der Waals surface area contributed by atoms with Crippen molar-refractivity contribution in [1.29, 1.82) is 0 Å². The largest absolute Gasteiger partial charge is 0.480 e. The van der Waals surface area contributed by atoms with Gasteiger partial charge in [0.05, 0.1) is 5.69 Å². The molecule has 3 rings (SSSR count). The SMILES string of the molecule is CC1(N2CC=CC(=O)NC2=O)C(=O)N(CC(=O)O)c2ccccc21. The molecule has 0 aromatic heterocycles. The predicted molar refractivity (Wildman–Crippen MR) is 83.2 cm³/mol. The highest BCUT2D eigenvalue weighted by molar-refractivity contribution is 6.12. The molecule has 0 fully saturated rings. The minimum atomic E-state index is -1.40. The average molecular weight is 329 g/mol. The summed E-state index contributed by atoms with van der Waals surface area (Å²) in [6.45, 7) is 1.10. The monoisotopic (exact) mass is 329 g/mol. The fourth-order valence-electron chi connectivity index (χ4n) is 3.11. The number of nitrogens with one attached hydrogen (secondary N) is 1. The van der Waals surface area contributed by atoms with E-state index in [-0.39, 0.29) is 6.54 Å². The van der Waals surface area contributed by atoms with Crippen LogP contribution in [0.4, 0.5) is 10.5 Å². The Balaban J connectivity index is 2.10. The quantitative estimate of drug-likeness (QED) is 0.837. The first-order chi connectivity index (χ1) is 11.4. The zero-order valence-electron chi connectivity index (χ0n) is 12.9. The third-order valence-corrected chi connectivity index (χ3v) is 4.25. The molecule has 1 atom stereocenters. The lowest BCUT2D eigenvalue weighted by atomic mass is 9.91. The standard InChI is InChI=1S/C16H15N3O5/c1-16(19-8-4-7-12(20)17-15(19)24)10-5-2-3-6-11(10)18(14(16)23)9-13(21)22/h2-7H,8-9H2,1H3,(H,21,22)(H,17,20,24). The molecule has 0 spiro atoms. The number of hydrogen-bond donors (Lipinski definition) is 2. The molecule has 24 heavy (non-hydrogen) atoms. The molecule has 2 heterocycles. The first kappa shape index (κ1) is 15.7. The van der Waals surface area contributed by atoms with Crippen LogP contribution in [0.2, 0.25) is 0 Å². The van der Waals surface area contributed by atoms with Gasteiger partial charge in [-0.2, -0.15) is 0 Å². The Hall–Kier alpha value is -3.16. The highest BCUT2D eigenvalue weighted by Crippen LogP contribution is 2.43. The lowest BCUT2D eigenvalue weighted by Crippen LogP contribution is -2.56. The molecular formula is C16H15N3O5. The summed E-state index contributed by atoms with van der Waals surface area (Å²) < 4.78 is 0. The van der Waals surface area contributed by atoms with Crippen molar-refractivity contribution in [2.45, 2.75) is 12.5 Å². The summed E-state index contributed by atoms with van der Waals surface area (Å²) in [6.07, 6.45) is 2.71. The van der Waals surface area contributed by atoms with Crippen LogP contribution >= 0.6 is 0 Å². The van der Waals surface area contributed by atoms with Gasteiger partial charge in [-0.05, 0) is 13.0 Å². The summed E-state index contributed by atoms with van der Waals surface area (Å²) in [6, 6.07) is 6.02. The molecule has 8 heteroatoms. The van der Waals surface area contributed by atoms with E-state index in [0.717, 1.165) is 4.90 Å². The Bertz CT molecular complexity index is 788.